The molecule has 0 aromatic heterocycles. The van der Waals surface area contributed by atoms with Gasteiger partial charge in [-0.1, -0.05) is 6.42 Å². The van der Waals surface area contributed by atoms with E-state index in [4.69, 9.17) is 10.2 Å². The van der Waals surface area contributed by atoms with Gasteiger partial charge in [-0.15, -0.1) is 0 Å². The molecule has 0 radical (unpaired) electrons. The van der Waals surface area contributed by atoms with E-state index in [0.717, 1.165) is 0 Å². The van der Waals surface area contributed by atoms with Crippen molar-refractivity contribution in [1.29, 1.82) is 0 Å². The molecular formula is C12H18F3NO4. The van der Waals surface area contributed by atoms with Crippen molar-refractivity contribution >= 4 is 11.9 Å². The second-order valence-electron chi connectivity index (χ2n) is 5.01. The Morgan fingerprint density at radius 1 is 1.30 bits per heavy atom. The molecular weight excluding hydrogens is 279 g/mol. The lowest BCUT2D eigenvalue weighted by Crippen LogP contribution is -2.45. The summed E-state index contributed by atoms with van der Waals surface area (Å²) in [6.07, 6.45) is -4.18. The number of aliphatic hydroxyl groups is 1. The van der Waals surface area contributed by atoms with Crippen LogP contribution in [0.25, 0.3) is 0 Å². The molecule has 1 aliphatic carbocycles. The maximum Gasteiger partial charge on any atom is 0.391 e. The average molecular weight is 297 g/mol. The number of carboxylic acid groups (broad SMARTS) is 1. The van der Waals surface area contributed by atoms with Gasteiger partial charge >= 0.3 is 12.1 Å². The Morgan fingerprint density at radius 2 is 1.95 bits per heavy atom. The van der Waals surface area contributed by atoms with Crippen LogP contribution >= 0.6 is 0 Å². The highest BCUT2D eigenvalue weighted by molar-refractivity contribution is 5.85. The van der Waals surface area contributed by atoms with Crippen LogP contribution in [0.1, 0.15) is 32.1 Å². The van der Waals surface area contributed by atoms with E-state index < -0.39 is 42.5 Å². The van der Waals surface area contributed by atoms with E-state index in [9.17, 15) is 22.8 Å². The van der Waals surface area contributed by atoms with Crippen molar-refractivity contribution in [3.8, 4) is 0 Å². The molecule has 0 aromatic carbocycles. The zero-order chi connectivity index (χ0) is 15.3. The second-order valence-corrected chi connectivity index (χ2v) is 5.01. The van der Waals surface area contributed by atoms with Gasteiger partial charge in [-0.05, 0) is 19.3 Å². The molecule has 0 heterocycles. The summed E-state index contributed by atoms with van der Waals surface area (Å²) in [5.74, 6) is -4.32. The molecule has 5 nitrogen and oxygen atoms in total. The van der Waals surface area contributed by atoms with Crippen molar-refractivity contribution in [1.82, 2.24) is 5.32 Å². The van der Waals surface area contributed by atoms with Crippen molar-refractivity contribution in [3.05, 3.63) is 0 Å². The van der Waals surface area contributed by atoms with Gasteiger partial charge in [0.25, 0.3) is 0 Å². The summed E-state index contributed by atoms with van der Waals surface area (Å²) in [4.78, 5) is 22.7. The number of carbonyl (C=O) groups is 2. The summed E-state index contributed by atoms with van der Waals surface area (Å²) in [6, 6.07) is -1.27. The number of halogens is 3. The van der Waals surface area contributed by atoms with Gasteiger partial charge in [-0.2, -0.15) is 13.2 Å². The number of carbonyl (C=O) groups excluding carboxylic acids is 1. The summed E-state index contributed by atoms with van der Waals surface area (Å²) < 4.78 is 37.9. The van der Waals surface area contributed by atoms with Crippen LogP contribution < -0.4 is 5.32 Å². The van der Waals surface area contributed by atoms with Crippen LogP contribution in [0.5, 0.6) is 0 Å². The zero-order valence-corrected chi connectivity index (χ0v) is 10.8. The normalized spacial score (nSPS) is 25.0. The van der Waals surface area contributed by atoms with Crippen LogP contribution in [-0.2, 0) is 9.59 Å². The number of carboxylic acids is 1. The topological polar surface area (TPSA) is 86.6 Å². The third kappa shape index (κ3) is 4.66. The number of rotatable bonds is 5. The van der Waals surface area contributed by atoms with Gasteiger partial charge in [-0.3, -0.25) is 4.79 Å². The molecule has 1 amide bonds. The number of aliphatic carboxylic acids is 1. The fourth-order valence-corrected chi connectivity index (χ4v) is 2.40. The van der Waals surface area contributed by atoms with Gasteiger partial charge in [0.05, 0.1) is 5.92 Å². The smallest absolute Gasteiger partial charge is 0.391 e. The molecule has 1 saturated carbocycles. The summed E-state index contributed by atoms with van der Waals surface area (Å²) in [7, 11) is 0. The minimum Gasteiger partial charge on any atom is -0.480 e. The van der Waals surface area contributed by atoms with Gasteiger partial charge < -0.3 is 15.5 Å². The first kappa shape index (κ1) is 16.7. The van der Waals surface area contributed by atoms with Crippen LogP contribution in [0.2, 0.25) is 0 Å². The molecule has 1 fully saturated rings. The predicted molar refractivity (Wildman–Crippen MR) is 62.8 cm³/mol. The molecule has 3 atom stereocenters. The van der Waals surface area contributed by atoms with Crippen LogP contribution in [0.15, 0.2) is 0 Å². The van der Waals surface area contributed by atoms with Crippen molar-refractivity contribution in [3.63, 3.8) is 0 Å². The molecule has 8 heteroatoms. The van der Waals surface area contributed by atoms with Crippen molar-refractivity contribution in [2.24, 2.45) is 11.8 Å². The third-order valence-electron chi connectivity index (χ3n) is 3.54. The summed E-state index contributed by atoms with van der Waals surface area (Å²) in [5, 5.41) is 19.7. The third-order valence-corrected chi connectivity index (χ3v) is 3.54. The molecule has 0 aromatic rings. The molecule has 0 bridgehead atoms. The van der Waals surface area contributed by atoms with E-state index in [0.29, 0.717) is 12.8 Å². The standard InChI is InChI=1S/C12H18F3NO4/c13-12(14,15)8-3-1-2-7(6-8)10(18)16-9(4-5-17)11(19)20/h7-9,17H,1-6H2,(H,16,18)(H,19,20)/t7?,8?,9-/m1/s1. The largest absolute Gasteiger partial charge is 0.480 e. The monoisotopic (exact) mass is 297 g/mol. The van der Waals surface area contributed by atoms with Crippen molar-refractivity contribution in [2.75, 3.05) is 6.61 Å². The Morgan fingerprint density at radius 3 is 2.45 bits per heavy atom. The number of alkyl halides is 3. The Balaban J connectivity index is 2.60. The van der Waals surface area contributed by atoms with E-state index in [2.05, 4.69) is 5.32 Å². The molecule has 2 unspecified atom stereocenters. The van der Waals surface area contributed by atoms with Crippen LogP contribution in [-0.4, -0.2) is 40.9 Å². The minimum absolute atomic E-state index is 0.00623. The van der Waals surface area contributed by atoms with Crippen molar-refractivity contribution < 1.29 is 33.0 Å². The van der Waals surface area contributed by atoms with Crippen LogP contribution in [0.4, 0.5) is 13.2 Å². The first-order valence-corrected chi connectivity index (χ1v) is 6.46. The molecule has 0 spiro atoms. The second kappa shape index (κ2) is 6.92. The number of nitrogens with one attached hydrogen (secondary N) is 1. The Bertz CT molecular complexity index is 359. The molecule has 3 N–H and O–H groups in total. The Hall–Kier alpha value is -1.31. The lowest BCUT2D eigenvalue weighted by Gasteiger charge is -2.30. The van der Waals surface area contributed by atoms with Gasteiger partial charge in [0, 0.05) is 18.9 Å². The minimum atomic E-state index is -4.32. The van der Waals surface area contributed by atoms with Gasteiger partial charge in [0.1, 0.15) is 6.04 Å². The lowest BCUT2D eigenvalue weighted by molar-refractivity contribution is -0.186. The van der Waals surface area contributed by atoms with Gasteiger partial charge in [-0.25, -0.2) is 4.79 Å². The average Bonchev–Trinajstić information content (AvgIpc) is 2.37. The maximum atomic E-state index is 12.6. The maximum absolute atomic E-state index is 12.6. The first-order chi connectivity index (χ1) is 9.25. The molecule has 116 valence electrons. The summed E-state index contributed by atoms with van der Waals surface area (Å²) >= 11 is 0. The highest BCUT2D eigenvalue weighted by Crippen LogP contribution is 2.39. The fraction of sp³-hybridized carbons (Fsp3) is 0.833. The lowest BCUT2D eigenvalue weighted by atomic mass is 9.80. The van der Waals surface area contributed by atoms with Crippen LogP contribution in [0, 0.1) is 11.8 Å². The summed E-state index contributed by atoms with van der Waals surface area (Å²) in [6.45, 7) is -0.424. The number of aliphatic hydroxyl groups excluding tert-OH is 1. The molecule has 1 rings (SSSR count). The predicted octanol–water partition coefficient (Wildman–Crippen LogP) is 1.31. The molecule has 0 saturated heterocycles. The highest BCUT2D eigenvalue weighted by Gasteiger charge is 2.43. The Kier molecular flexibility index (Phi) is 5.79. The van der Waals surface area contributed by atoms with Crippen LogP contribution in [0.3, 0.4) is 0 Å². The first-order valence-electron chi connectivity index (χ1n) is 6.46. The van der Waals surface area contributed by atoms with Gasteiger partial charge in [0.2, 0.25) is 5.91 Å². The zero-order valence-electron chi connectivity index (χ0n) is 10.8. The van der Waals surface area contributed by atoms with E-state index in [1.165, 1.54) is 0 Å². The van der Waals surface area contributed by atoms with E-state index in [1.54, 1.807) is 0 Å². The SMILES string of the molecule is O=C(N[C@H](CCO)C(=O)O)C1CCCC(C(F)(F)F)C1. The van der Waals surface area contributed by atoms with E-state index in [-0.39, 0.29) is 19.3 Å². The molecule has 0 aliphatic heterocycles. The quantitative estimate of drug-likeness (QED) is 0.714. The van der Waals surface area contributed by atoms with Gasteiger partial charge in [0.15, 0.2) is 0 Å². The summed E-state index contributed by atoms with van der Waals surface area (Å²) in [5.41, 5.74) is 0. The Labute approximate surface area is 114 Å². The fourth-order valence-electron chi connectivity index (χ4n) is 2.40. The van der Waals surface area contributed by atoms with E-state index in [1.807, 2.05) is 0 Å². The number of hydrogen-bond acceptors (Lipinski definition) is 3. The van der Waals surface area contributed by atoms with Crippen molar-refractivity contribution in [2.45, 2.75) is 44.3 Å². The number of hydrogen-bond donors (Lipinski definition) is 3. The number of amides is 1. The van der Waals surface area contributed by atoms with E-state index >= 15 is 0 Å². The molecule has 20 heavy (non-hydrogen) atoms. The highest BCUT2D eigenvalue weighted by atomic mass is 19.4. The molecule has 1 aliphatic rings.